The van der Waals surface area contributed by atoms with Gasteiger partial charge in [0.2, 0.25) is 0 Å². The highest BCUT2D eigenvalue weighted by atomic mass is 19.4. The Bertz CT molecular complexity index is 1150. The summed E-state index contributed by atoms with van der Waals surface area (Å²) < 4.78 is 44.6. The average molecular weight is 489 g/mol. The number of hydrogen-bond donors (Lipinski definition) is 3. The molecule has 0 spiro atoms. The highest BCUT2D eigenvalue weighted by Gasteiger charge is 2.40. The maximum absolute atomic E-state index is 13.1. The number of carbonyl (C=O) groups excluding carboxylic acids is 2. The van der Waals surface area contributed by atoms with Gasteiger partial charge in [-0.1, -0.05) is 25.5 Å². The van der Waals surface area contributed by atoms with Gasteiger partial charge < -0.3 is 25.5 Å². The molecule has 1 aliphatic heterocycles. The van der Waals surface area contributed by atoms with E-state index in [1.165, 1.54) is 12.1 Å². The topological polar surface area (TPSA) is 103 Å². The van der Waals surface area contributed by atoms with Gasteiger partial charge in [0, 0.05) is 23.6 Å². The van der Waals surface area contributed by atoms with Gasteiger partial charge >= 0.3 is 6.18 Å². The minimum atomic E-state index is -4.57. The van der Waals surface area contributed by atoms with Crippen molar-refractivity contribution in [1.82, 2.24) is 0 Å². The molecule has 2 amide bonds. The molecule has 3 atom stereocenters. The van der Waals surface area contributed by atoms with Crippen LogP contribution in [0.25, 0.3) is 0 Å². The van der Waals surface area contributed by atoms with Crippen LogP contribution >= 0.6 is 0 Å². The summed E-state index contributed by atoms with van der Waals surface area (Å²) in [7, 11) is 0. The van der Waals surface area contributed by atoms with Crippen molar-refractivity contribution in [3.63, 3.8) is 0 Å². The number of ether oxygens (including phenoxy) is 1. The van der Waals surface area contributed by atoms with E-state index in [-0.39, 0.29) is 18.8 Å². The second kappa shape index (κ2) is 9.79. The van der Waals surface area contributed by atoms with Crippen molar-refractivity contribution in [1.29, 1.82) is 5.41 Å². The van der Waals surface area contributed by atoms with E-state index in [0.29, 0.717) is 23.7 Å². The lowest BCUT2D eigenvalue weighted by Gasteiger charge is -2.34. The SMILES string of the molecule is CCC1CC(=N)c2ccc(NC(=O)C(O)C3OCCN(c4cccc(C(F)(F)F)c4)C3=O)cc2C1. The van der Waals surface area contributed by atoms with Crippen molar-refractivity contribution in [2.24, 2.45) is 5.92 Å². The predicted molar refractivity (Wildman–Crippen MR) is 124 cm³/mol. The summed E-state index contributed by atoms with van der Waals surface area (Å²) >= 11 is 0. The number of carbonyl (C=O) groups is 2. The molecular formula is C25H26F3N3O4. The maximum atomic E-state index is 13.1. The summed E-state index contributed by atoms with van der Waals surface area (Å²) in [6.45, 7) is 1.99. The number of nitrogens with zero attached hydrogens (tertiary/aromatic N) is 1. The summed E-state index contributed by atoms with van der Waals surface area (Å²) in [5, 5.41) is 21.4. The number of amides is 2. The van der Waals surface area contributed by atoms with E-state index >= 15 is 0 Å². The fourth-order valence-electron chi connectivity index (χ4n) is 4.50. The Kier molecular flexibility index (Phi) is 6.95. The van der Waals surface area contributed by atoms with Crippen LogP contribution in [0.15, 0.2) is 42.5 Å². The predicted octanol–water partition coefficient (Wildman–Crippen LogP) is 3.78. The zero-order valence-corrected chi connectivity index (χ0v) is 19.1. The van der Waals surface area contributed by atoms with Crippen LogP contribution in [-0.2, 0) is 26.9 Å². The zero-order chi connectivity index (χ0) is 25.3. The Hall–Kier alpha value is -3.24. The summed E-state index contributed by atoms with van der Waals surface area (Å²) in [6, 6.07) is 9.44. The summed E-state index contributed by atoms with van der Waals surface area (Å²) in [4.78, 5) is 26.8. The molecule has 3 unspecified atom stereocenters. The minimum Gasteiger partial charge on any atom is -0.380 e. The molecular weight excluding hydrogens is 463 g/mol. The van der Waals surface area contributed by atoms with Gasteiger partial charge in [-0.3, -0.25) is 9.59 Å². The van der Waals surface area contributed by atoms with E-state index in [9.17, 15) is 27.9 Å². The van der Waals surface area contributed by atoms with Crippen LogP contribution in [0, 0.1) is 11.3 Å². The molecule has 1 aliphatic carbocycles. The van der Waals surface area contributed by atoms with Crippen LogP contribution in [-0.4, -0.2) is 48.0 Å². The Morgan fingerprint density at radius 2 is 2.03 bits per heavy atom. The highest BCUT2D eigenvalue weighted by Crippen LogP contribution is 2.33. The molecule has 0 bridgehead atoms. The molecule has 0 radical (unpaired) electrons. The van der Waals surface area contributed by atoms with Crippen molar-refractivity contribution in [2.45, 2.75) is 44.6 Å². The Morgan fingerprint density at radius 1 is 1.26 bits per heavy atom. The zero-order valence-electron chi connectivity index (χ0n) is 19.1. The van der Waals surface area contributed by atoms with Crippen LogP contribution in [0.1, 0.15) is 36.5 Å². The van der Waals surface area contributed by atoms with Gasteiger partial charge in [0.25, 0.3) is 11.8 Å². The lowest BCUT2D eigenvalue weighted by molar-refractivity contribution is -0.150. The molecule has 1 fully saturated rings. The fraction of sp³-hybridized carbons (Fsp3) is 0.400. The van der Waals surface area contributed by atoms with E-state index in [4.69, 9.17) is 10.1 Å². The van der Waals surface area contributed by atoms with Crippen LogP contribution in [0.4, 0.5) is 24.5 Å². The highest BCUT2D eigenvalue weighted by molar-refractivity contribution is 6.04. The third-order valence-electron chi connectivity index (χ3n) is 6.44. The monoisotopic (exact) mass is 489 g/mol. The minimum absolute atomic E-state index is 0.00773. The Balaban J connectivity index is 1.48. The number of aliphatic hydroxyl groups is 1. The fourth-order valence-corrected chi connectivity index (χ4v) is 4.50. The third-order valence-corrected chi connectivity index (χ3v) is 6.44. The molecule has 3 N–H and O–H groups in total. The molecule has 7 nitrogen and oxygen atoms in total. The van der Waals surface area contributed by atoms with Crippen LogP contribution in [0.3, 0.4) is 0 Å². The molecule has 1 saturated heterocycles. The van der Waals surface area contributed by atoms with Gasteiger partial charge in [-0.15, -0.1) is 0 Å². The van der Waals surface area contributed by atoms with Crippen molar-refractivity contribution in [3.05, 3.63) is 59.2 Å². The van der Waals surface area contributed by atoms with Gasteiger partial charge in [0.1, 0.15) is 0 Å². The van der Waals surface area contributed by atoms with Crippen LogP contribution in [0.5, 0.6) is 0 Å². The number of aliphatic hydroxyl groups excluding tert-OH is 1. The normalized spacial score (nSPS) is 21.5. The van der Waals surface area contributed by atoms with Crippen LogP contribution < -0.4 is 10.2 Å². The third kappa shape index (κ3) is 5.23. The standard InChI is InChI=1S/C25H26F3N3O4/c1-2-14-10-15-12-17(6-7-19(15)20(29)11-14)30-23(33)21(32)22-24(34)31(8-9-35-22)18-5-3-4-16(13-18)25(26,27)28/h3-7,12-14,21-22,29,32H,2,8-11H2,1H3,(H,30,33). The number of halogens is 3. The van der Waals surface area contributed by atoms with E-state index in [2.05, 4.69) is 12.2 Å². The number of benzene rings is 2. The van der Waals surface area contributed by atoms with Crippen LogP contribution in [0.2, 0.25) is 0 Å². The first kappa shape index (κ1) is 24.9. The van der Waals surface area contributed by atoms with Gasteiger partial charge in [-0.25, -0.2) is 0 Å². The number of nitrogens with one attached hydrogen (secondary N) is 2. The molecule has 0 saturated carbocycles. The summed E-state index contributed by atoms with van der Waals surface area (Å²) in [5.41, 5.74) is 1.82. The first-order valence-electron chi connectivity index (χ1n) is 11.4. The largest absolute Gasteiger partial charge is 0.416 e. The molecule has 2 aliphatic rings. The Labute approximate surface area is 200 Å². The lowest BCUT2D eigenvalue weighted by Crippen LogP contribution is -2.55. The van der Waals surface area contributed by atoms with E-state index in [1.807, 2.05) is 0 Å². The molecule has 1 heterocycles. The molecule has 2 aromatic carbocycles. The number of rotatable bonds is 5. The van der Waals surface area contributed by atoms with Gasteiger partial charge in [-0.2, -0.15) is 13.2 Å². The summed E-state index contributed by atoms with van der Waals surface area (Å²) in [5.74, 6) is -1.32. The molecule has 0 aromatic heterocycles. The van der Waals surface area contributed by atoms with Gasteiger partial charge in [0.05, 0.1) is 12.2 Å². The van der Waals surface area contributed by atoms with Gasteiger partial charge in [-0.05, 0) is 60.2 Å². The first-order chi connectivity index (χ1) is 16.6. The van der Waals surface area contributed by atoms with Crippen molar-refractivity contribution < 1.29 is 32.6 Å². The quantitative estimate of drug-likeness (QED) is 0.595. The average Bonchev–Trinajstić information content (AvgIpc) is 2.83. The number of anilines is 2. The van der Waals surface area contributed by atoms with E-state index in [0.717, 1.165) is 41.0 Å². The number of hydrogen-bond acceptors (Lipinski definition) is 5. The van der Waals surface area contributed by atoms with E-state index in [1.54, 1.807) is 18.2 Å². The first-order valence-corrected chi connectivity index (χ1v) is 11.4. The molecule has 35 heavy (non-hydrogen) atoms. The van der Waals surface area contributed by atoms with Crippen molar-refractivity contribution in [3.8, 4) is 0 Å². The number of fused-ring (bicyclic) bond motifs is 1. The van der Waals surface area contributed by atoms with Crippen molar-refractivity contribution >= 4 is 28.9 Å². The number of morpholine rings is 1. The van der Waals surface area contributed by atoms with Gasteiger partial charge in [0.15, 0.2) is 12.2 Å². The maximum Gasteiger partial charge on any atom is 0.416 e. The Morgan fingerprint density at radius 3 is 2.74 bits per heavy atom. The molecule has 186 valence electrons. The van der Waals surface area contributed by atoms with E-state index < -0.39 is 35.8 Å². The second-order valence-corrected chi connectivity index (χ2v) is 8.80. The smallest absolute Gasteiger partial charge is 0.380 e. The number of alkyl halides is 3. The second-order valence-electron chi connectivity index (χ2n) is 8.80. The molecule has 4 rings (SSSR count). The molecule has 2 aromatic rings. The molecule has 10 heteroatoms. The van der Waals surface area contributed by atoms with Crippen molar-refractivity contribution in [2.75, 3.05) is 23.4 Å². The summed E-state index contributed by atoms with van der Waals surface area (Å²) in [6.07, 6.45) is -5.59. The lowest BCUT2D eigenvalue weighted by atomic mass is 9.81.